The number of aromatic amines is 1. The lowest BCUT2D eigenvalue weighted by molar-refractivity contribution is 0.624. The summed E-state index contributed by atoms with van der Waals surface area (Å²) in [6.07, 6.45) is 3.59. The summed E-state index contributed by atoms with van der Waals surface area (Å²) in [7, 11) is 0. The normalized spacial score (nSPS) is 11.1. The van der Waals surface area contributed by atoms with Gasteiger partial charge in [0.05, 0.1) is 6.54 Å². The Labute approximate surface area is 187 Å². The van der Waals surface area contributed by atoms with Gasteiger partial charge < -0.3 is 0 Å². The van der Waals surface area contributed by atoms with E-state index < -0.39 is 0 Å². The standard InChI is InChI=1S/C25H28N6O/c1-4-6-11-23-26-17(3)20(5-2)25(32)31(23)16-18-12-14-19(15-13-18)21-9-7-8-10-22(21)24-27-29-30-28-24/h7-10,12-15H,4-6,11,16H2,1-3H3,(H,27,28,29,30). The van der Waals surface area contributed by atoms with Gasteiger partial charge in [-0.1, -0.05) is 68.8 Å². The summed E-state index contributed by atoms with van der Waals surface area (Å²) in [5.41, 5.74) is 5.82. The molecule has 0 atom stereocenters. The molecule has 0 spiro atoms. The van der Waals surface area contributed by atoms with Gasteiger partial charge in [0.1, 0.15) is 5.82 Å². The highest BCUT2D eigenvalue weighted by Gasteiger charge is 2.14. The van der Waals surface area contributed by atoms with Gasteiger partial charge in [-0.15, -0.1) is 10.2 Å². The molecular weight excluding hydrogens is 400 g/mol. The highest BCUT2D eigenvalue weighted by Crippen LogP contribution is 2.29. The zero-order valence-electron chi connectivity index (χ0n) is 18.8. The van der Waals surface area contributed by atoms with Crippen molar-refractivity contribution < 1.29 is 0 Å². The van der Waals surface area contributed by atoms with Crippen molar-refractivity contribution in [1.29, 1.82) is 0 Å². The molecule has 2 heterocycles. The zero-order chi connectivity index (χ0) is 22.5. The van der Waals surface area contributed by atoms with Crippen LogP contribution >= 0.6 is 0 Å². The van der Waals surface area contributed by atoms with Crippen molar-refractivity contribution in [3.05, 3.63) is 81.5 Å². The van der Waals surface area contributed by atoms with E-state index in [2.05, 4.69) is 51.8 Å². The lowest BCUT2D eigenvalue weighted by Gasteiger charge is -2.16. The van der Waals surface area contributed by atoms with Crippen LogP contribution < -0.4 is 5.56 Å². The van der Waals surface area contributed by atoms with E-state index >= 15 is 0 Å². The molecule has 7 heteroatoms. The highest BCUT2D eigenvalue weighted by atomic mass is 16.1. The molecule has 2 aromatic carbocycles. The fourth-order valence-electron chi connectivity index (χ4n) is 4.03. The predicted molar refractivity (Wildman–Crippen MR) is 125 cm³/mol. The molecule has 0 aliphatic rings. The van der Waals surface area contributed by atoms with Crippen LogP contribution in [0.3, 0.4) is 0 Å². The zero-order valence-corrected chi connectivity index (χ0v) is 18.8. The molecule has 4 aromatic rings. The van der Waals surface area contributed by atoms with Gasteiger partial charge in [0, 0.05) is 23.2 Å². The summed E-state index contributed by atoms with van der Waals surface area (Å²) < 4.78 is 1.85. The van der Waals surface area contributed by atoms with Crippen LogP contribution in [0.25, 0.3) is 22.5 Å². The largest absolute Gasteiger partial charge is 0.292 e. The lowest BCUT2D eigenvalue weighted by atomic mass is 9.98. The first-order valence-electron chi connectivity index (χ1n) is 11.1. The van der Waals surface area contributed by atoms with Gasteiger partial charge in [-0.2, -0.15) is 5.21 Å². The van der Waals surface area contributed by atoms with Crippen molar-refractivity contribution in [1.82, 2.24) is 30.2 Å². The van der Waals surface area contributed by atoms with Crippen LogP contribution in [0.15, 0.2) is 53.3 Å². The van der Waals surface area contributed by atoms with Crippen LogP contribution in [0.4, 0.5) is 0 Å². The predicted octanol–water partition coefficient (Wildman–Crippen LogP) is 4.35. The van der Waals surface area contributed by atoms with Crippen molar-refractivity contribution in [2.75, 3.05) is 0 Å². The Morgan fingerprint density at radius 2 is 1.75 bits per heavy atom. The first kappa shape index (κ1) is 21.6. The van der Waals surface area contributed by atoms with Gasteiger partial charge in [0.2, 0.25) is 5.82 Å². The van der Waals surface area contributed by atoms with Crippen LogP contribution in [0.2, 0.25) is 0 Å². The van der Waals surface area contributed by atoms with E-state index in [1.54, 1.807) is 0 Å². The summed E-state index contributed by atoms with van der Waals surface area (Å²) >= 11 is 0. The molecule has 0 radical (unpaired) electrons. The molecule has 2 aromatic heterocycles. The van der Waals surface area contributed by atoms with E-state index in [0.717, 1.165) is 58.6 Å². The first-order chi connectivity index (χ1) is 15.6. The average molecular weight is 429 g/mol. The minimum atomic E-state index is 0.0811. The molecule has 0 aliphatic carbocycles. The second-order valence-electron chi connectivity index (χ2n) is 7.92. The Morgan fingerprint density at radius 3 is 2.41 bits per heavy atom. The highest BCUT2D eigenvalue weighted by molar-refractivity contribution is 5.80. The van der Waals surface area contributed by atoms with Crippen molar-refractivity contribution >= 4 is 0 Å². The Hall–Kier alpha value is -3.61. The van der Waals surface area contributed by atoms with Crippen LogP contribution in [0.5, 0.6) is 0 Å². The molecule has 7 nitrogen and oxygen atoms in total. The molecule has 4 rings (SSSR count). The number of hydrogen-bond donors (Lipinski definition) is 1. The minimum absolute atomic E-state index is 0.0811. The number of nitrogens with one attached hydrogen (secondary N) is 1. The number of aromatic nitrogens is 6. The van der Waals surface area contributed by atoms with Crippen molar-refractivity contribution in [2.45, 2.75) is 53.0 Å². The Kier molecular flexibility index (Phi) is 6.54. The third-order valence-electron chi connectivity index (χ3n) is 5.77. The van der Waals surface area contributed by atoms with Crippen molar-refractivity contribution in [3.8, 4) is 22.5 Å². The molecule has 0 bridgehead atoms. The van der Waals surface area contributed by atoms with Gasteiger partial charge in [0.15, 0.2) is 0 Å². The molecule has 0 fully saturated rings. The molecular formula is C25H28N6O. The molecule has 0 saturated carbocycles. The fraction of sp³-hybridized carbons (Fsp3) is 0.320. The summed E-state index contributed by atoms with van der Waals surface area (Å²) in [4.78, 5) is 18.0. The number of H-pyrrole nitrogens is 1. The van der Waals surface area contributed by atoms with Gasteiger partial charge in [0.25, 0.3) is 5.56 Å². The number of hydrogen-bond acceptors (Lipinski definition) is 5. The van der Waals surface area contributed by atoms with E-state index in [0.29, 0.717) is 18.8 Å². The van der Waals surface area contributed by atoms with Crippen LogP contribution in [-0.2, 0) is 19.4 Å². The van der Waals surface area contributed by atoms with Gasteiger partial charge in [-0.25, -0.2) is 4.98 Å². The van der Waals surface area contributed by atoms with Gasteiger partial charge >= 0.3 is 0 Å². The number of nitrogens with zero attached hydrogens (tertiary/aromatic N) is 5. The number of benzene rings is 2. The third kappa shape index (κ3) is 4.37. The van der Waals surface area contributed by atoms with E-state index in [1.807, 2.05) is 42.7 Å². The number of tetrazole rings is 1. The quantitative estimate of drug-likeness (QED) is 0.451. The molecule has 1 N–H and O–H groups in total. The van der Waals surface area contributed by atoms with Gasteiger partial charge in [-0.05, 0) is 41.7 Å². The molecule has 0 aliphatic heterocycles. The molecule has 32 heavy (non-hydrogen) atoms. The van der Waals surface area contributed by atoms with Crippen LogP contribution in [0, 0.1) is 6.92 Å². The van der Waals surface area contributed by atoms with Crippen LogP contribution in [-0.4, -0.2) is 30.2 Å². The minimum Gasteiger partial charge on any atom is -0.292 e. The second kappa shape index (κ2) is 9.68. The average Bonchev–Trinajstić information content (AvgIpc) is 3.35. The number of aryl methyl sites for hydroxylation is 2. The van der Waals surface area contributed by atoms with E-state index in [9.17, 15) is 4.79 Å². The maximum Gasteiger partial charge on any atom is 0.257 e. The maximum absolute atomic E-state index is 13.2. The fourth-order valence-corrected chi connectivity index (χ4v) is 4.03. The van der Waals surface area contributed by atoms with Crippen molar-refractivity contribution in [2.24, 2.45) is 0 Å². The Bertz CT molecular complexity index is 1240. The monoisotopic (exact) mass is 428 g/mol. The molecule has 0 amide bonds. The second-order valence-corrected chi connectivity index (χ2v) is 7.92. The topological polar surface area (TPSA) is 89.4 Å². The SMILES string of the molecule is CCCCc1nc(C)c(CC)c(=O)n1Cc1ccc(-c2ccccc2-c2nn[nH]n2)cc1. The van der Waals surface area contributed by atoms with E-state index in [4.69, 9.17) is 4.98 Å². The summed E-state index contributed by atoms with van der Waals surface area (Å²) in [6.45, 7) is 6.62. The third-order valence-corrected chi connectivity index (χ3v) is 5.77. The van der Waals surface area contributed by atoms with Gasteiger partial charge in [-0.3, -0.25) is 9.36 Å². The Balaban J connectivity index is 1.67. The number of rotatable bonds is 8. The first-order valence-corrected chi connectivity index (χ1v) is 11.1. The van der Waals surface area contributed by atoms with Crippen molar-refractivity contribution in [3.63, 3.8) is 0 Å². The smallest absolute Gasteiger partial charge is 0.257 e. The summed E-state index contributed by atoms with van der Waals surface area (Å²) in [6, 6.07) is 16.3. The number of unbranched alkanes of at least 4 members (excludes halogenated alkanes) is 1. The summed E-state index contributed by atoms with van der Waals surface area (Å²) in [5.74, 6) is 1.44. The maximum atomic E-state index is 13.2. The van der Waals surface area contributed by atoms with E-state index in [1.165, 1.54) is 0 Å². The molecule has 164 valence electrons. The molecule has 0 saturated heterocycles. The van der Waals surface area contributed by atoms with Crippen LogP contribution in [0.1, 0.15) is 49.3 Å². The van der Waals surface area contributed by atoms with E-state index in [-0.39, 0.29) is 5.56 Å². The molecule has 0 unspecified atom stereocenters. The summed E-state index contributed by atoms with van der Waals surface area (Å²) in [5, 5.41) is 14.4. The lowest BCUT2D eigenvalue weighted by Crippen LogP contribution is -2.30. The Morgan fingerprint density at radius 1 is 1.00 bits per heavy atom.